The minimum atomic E-state index is -1.13. The van der Waals surface area contributed by atoms with Crippen LogP contribution in [0.4, 0.5) is 9.18 Å². The first-order chi connectivity index (χ1) is 13.3. The minimum absolute atomic E-state index is 0.0541. The van der Waals surface area contributed by atoms with E-state index in [0.717, 1.165) is 11.0 Å². The minimum Gasteiger partial charge on any atom is -0.444 e. The van der Waals surface area contributed by atoms with Crippen molar-refractivity contribution in [1.29, 1.82) is 0 Å². The van der Waals surface area contributed by atoms with E-state index in [0.29, 0.717) is 13.0 Å². The van der Waals surface area contributed by atoms with E-state index in [9.17, 15) is 9.18 Å². The maximum absolute atomic E-state index is 14.9. The predicted molar refractivity (Wildman–Crippen MR) is 112 cm³/mol. The number of alkyl halides is 1. The lowest BCUT2D eigenvalue weighted by Crippen LogP contribution is -2.46. The fraction of sp³-hybridized carbons (Fsp3) is 0.682. The molecule has 2 aliphatic rings. The molecule has 0 bridgehead atoms. The number of hydrogen-bond acceptors (Lipinski definition) is 4. The van der Waals surface area contributed by atoms with Crippen LogP contribution in [-0.2, 0) is 14.0 Å². The number of hydrogen-bond donors (Lipinski definition) is 0. The van der Waals surface area contributed by atoms with E-state index in [2.05, 4.69) is 0 Å². The van der Waals surface area contributed by atoms with E-state index in [1.807, 2.05) is 72.7 Å². The zero-order valence-corrected chi connectivity index (χ0v) is 18.6. The van der Waals surface area contributed by atoms with Crippen LogP contribution in [0.5, 0.6) is 0 Å². The quantitative estimate of drug-likeness (QED) is 0.697. The predicted octanol–water partition coefficient (Wildman–Crippen LogP) is 4.05. The molecule has 2 atom stereocenters. The number of benzene rings is 1. The molecule has 1 aromatic rings. The normalized spacial score (nSPS) is 26.5. The number of ether oxygens (including phenoxy) is 1. The zero-order chi connectivity index (χ0) is 21.6. The van der Waals surface area contributed by atoms with Gasteiger partial charge in [-0.25, -0.2) is 9.18 Å². The maximum Gasteiger partial charge on any atom is 0.494 e. The van der Waals surface area contributed by atoms with Crippen LogP contribution in [0, 0.1) is 0 Å². The number of amides is 1. The molecule has 1 amide bonds. The number of carbonyl (C=O) groups is 1. The Bertz CT molecular complexity index is 728. The fourth-order valence-electron chi connectivity index (χ4n) is 3.65. The highest BCUT2D eigenvalue weighted by Gasteiger charge is 2.51. The van der Waals surface area contributed by atoms with Gasteiger partial charge in [-0.15, -0.1) is 0 Å². The molecular formula is C22H33BFNO4. The molecule has 2 heterocycles. The van der Waals surface area contributed by atoms with E-state index < -0.39 is 36.2 Å². The largest absolute Gasteiger partial charge is 0.494 e. The summed E-state index contributed by atoms with van der Waals surface area (Å²) in [5, 5.41) is 0. The maximum atomic E-state index is 14.9. The Labute approximate surface area is 174 Å². The van der Waals surface area contributed by atoms with Crippen molar-refractivity contribution in [2.75, 3.05) is 13.1 Å². The van der Waals surface area contributed by atoms with E-state index >= 15 is 0 Å². The number of nitrogens with zero attached hydrogens (tertiary/aromatic N) is 1. The van der Waals surface area contributed by atoms with Crippen LogP contribution in [0.1, 0.15) is 66.4 Å². The van der Waals surface area contributed by atoms with Crippen LogP contribution < -0.4 is 5.46 Å². The highest BCUT2D eigenvalue weighted by Crippen LogP contribution is 2.37. The van der Waals surface area contributed by atoms with Crippen molar-refractivity contribution in [1.82, 2.24) is 4.90 Å². The Kier molecular flexibility index (Phi) is 5.78. The zero-order valence-electron chi connectivity index (χ0n) is 18.6. The molecule has 0 aromatic heterocycles. The van der Waals surface area contributed by atoms with Crippen molar-refractivity contribution in [3.05, 3.63) is 29.8 Å². The second kappa shape index (κ2) is 7.58. The number of piperidine rings is 1. The molecule has 2 aliphatic heterocycles. The molecule has 0 spiro atoms. The molecule has 0 unspecified atom stereocenters. The molecule has 0 radical (unpaired) electrons. The SMILES string of the molecule is CC(C)(C)OC(=O)N1CC[C@H](c2ccc(B3OC(C)(C)C(C)(C)O3)cc2)[C@@H](F)C1. The lowest BCUT2D eigenvalue weighted by molar-refractivity contribution is 0.00578. The van der Waals surface area contributed by atoms with Crippen molar-refractivity contribution in [3.8, 4) is 0 Å². The van der Waals surface area contributed by atoms with Gasteiger partial charge in [-0.05, 0) is 65.9 Å². The third kappa shape index (κ3) is 4.77. The first-order valence-electron chi connectivity index (χ1n) is 10.4. The van der Waals surface area contributed by atoms with E-state index in [1.165, 1.54) is 4.90 Å². The Hall–Kier alpha value is -1.60. The Morgan fingerprint density at radius 1 is 1.14 bits per heavy atom. The Morgan fingerprint density at radius 2 is 1.69 bits per heavy atom. The first kappa shape index (κ1) is 22.1. The van der Waals surface area contributed by atoms with Crippen molar-refractivity contribution in [2.24, 2.45) is 0 Å². The van der Waals surface area contributed by atoms with Crippen molar-refractivity contribution in [3.63, 3.8) is 0 Å². The Morgan fingerprint density at radius 3 is 2.17 bits per heavy atom. The number of likely N-dealkylation sites (tertiary alicyclic amines) is 1. The van der Waals surface area contributed by atoms with Gasteiger partial charge < -0.3 is 18.9 Å². The van der Waals surface area contributed by atoms with Crippen LogP contribution >= 0.6 is 0 Å². The monoisotopic (exact) mass is 405 g/mol. The summed E-state index contributed by atoms with van der Waals surface area (Å²) >= 11 is 0. The van der Waals surface area contributed by atoms with Crippen molar-refractivity contribution >= 4 is 18.7 Å². The average Bonchev–Trinajstić information content (AvgIpc) is 2.81. The summed E-state index contributed by atoms with van der Waals surface area (Å²) in [4.78, 5) is 13.7. The summed E-state index contributed by atoms with van der Waals surface area (Å²) < 4.78 is 32.4. The van der Waals surface area contributed by atoms with Gasteiger partial charge in [-0.2, -0.15) is 0 Å². The van der Waals surface area contributed by atoms with Crippen LogP contribution in [0.2, 0.25) is 0 Å². The highest BCUT2D eigenvalue weighted by molar-refractivity contribution is 6.62. The molecule has 2 saturated heterocycles. The molecule has 1 aromatic carbocycles. The number of carbonyl (C=O) groups excluding carboxylic acids is 1. The van der Waals surface area contributed by atoms with Gasteiger partial charge in [0.1, 0.15) is 11.8 Å². The molecule has 0 saturated carbocycles. The van der Waals surface area contributed by atoms with Gasteiger partial charge >= 0.3 is 13.2 Å². The van der Waals surface area contributed by atoms with Gasteiger partial charge in [0.25, 0.3) is 0 Å². The van der Waals surface area contributed by atoms with Gasteiger partial charge in [-0.1, -0.05) is 24.3 Å². The van der Waals surface area contributed by atoms with Gasteiger partial charge in [0, 0.05) is 12.5 Å². The van der Waals surface area contributed by atoms with Crippen molar-refractivity contribution < 1.29 is 23.2 Å². The van der Waals surface area contributed by atoms with Crippen LogP contribution in [0.3, 0.4) is 0 Å². The lowest BCUT2D eigenvalue weighted by atomic mass is 9.77. The molecule has 3 rings (SSSR count). The summed E-state index contributed by atoms with van der Waals surface area (Å²) in [5.74, 6) is -0.235. The summed E-state index contributed by atoms with van der Waals surface area (Å²) in [7, 11) is -0.427. The molecule has 7 heteroatoms. The van der Waals surface area contributed by atoms with E-state index in [4.69, 9.17) is 14.0 Å². The summed E-state index contributed by atoms with van der Waals surface area (Å²) in [6.07, 6.45) is -1.01. The molecule has 5 nitrogen and oxygen atoms in total. The van der Waals surface area contributed by atoms with Crippen LogP contribution in [-0.4, -0.2) is 54.2 Å². The number of halogens is 1. The molecular weight excluding hydrogens is 372 g/mol. The third-order valence-electron chi connectivity index (χ3n) is 6.08. The van der Waals surface area contributed by atoms with Gasteiger partial charge in [0.15, 0.2) is 0 Å². The van der Waals surface area contributed by atoms with Crippen molar-refractivity contribution in [2.45, 2.75) is 83.8 Å². The second-order valence-electron chi connectivity index (χ2n) is 10.1. The van der Waals surface area contributed by atoms with E-state index in [1.54, 1.807) is 0 Å². The summed E-state index contributed by atoms with van der Waals surface area (Å²) in [6.45, 7) is 14.1. The molecule has 0 N–H and O–H groups in total. The van der Waals surface area contributed by atoms with Crippen LogP contribution in [0.25, 0.3) is 0 Å². The fourth-order valence-corrected chi connectivity index (χ4v) is 3.65. The first-order valence-corrected chi connectivity index (χ1v) is 10.4. The molecule has 2 fully saturated rings. The Balaban J connectivity index is 1.63. The topological polar surface area (TPSA) is 48.0 Å². The summed E-state index contributed by atoms with van der Waals surface area (Å²) in [6, 6.07) is 7.79. The van der Waals surface area contributed by atoms with Gasteiger partial charge in [0.05, 0.1) is 17.7 Å². The highest BCUT2D eigenvalue weighted by atomic mass is 19.1. The third-order valence-corrected chi connectivity index (χ3v) is 6.08. The average molecular weight is 405 g/mol. The smallest absolute Gasteiger partial charge is 0.444 e. The van der Waals surface area contributed by atoms with Gasteiger partial charge in [-0.3, -0.25) is 0 Å². The molecule has 29 heavy (non-hydrogen) atoms. The number of rotatable bonds is 2. The second-order valence-corrected chi connectivity index (χ2v) is 10.1. The standard InChI is InChI=1S/C22H33BFNO4/c1-20(2,3)27-19(26)25-13-12-17(18(24)14-25)15-8-10-16(11-9-15)23-28-21(4,5)22(6,7)29-23/h8-11,17-18H,12-14H2,1-7H3/t17-,18+/m1/s1. The van der Waals surface area contributed by atoms with Crippen LogP contribution in [0.15, 0.2) is 24.3 Å². The molecule has 160 valence electrons. The lowest BCUT2D eigenvalue weighted by Gasteiger charge is -2.35. The molecule has 0 aliphatic carbocycles. The van der Waals surface area contributed by atoms with Gasteiger partial charge in [0.2, 0.25) is 0 Å². The summed E-state index contributed by atoms with van der Waals surface area (Å²) in [5.41, 5.74) is 0.489. The van der Waals surface area contributed by atoms with E-state index in [-0.39, 0.29) is 12.5 Å².